The molecule has 0 fully saturated rings. The minimum atomic E-state index is -0.0537. The molecular weight excluding hydrogens is 184 g/mol. The van der Waals surface area contributed by atoms with Crippen molar-refractivity contribution in [3.63, 3.8) is 0 Å². The van der Waals surface area contributed by atoms with E-state index in [-0.39, 0.29) is 18.6 Å². The van der Waals surface area contributed by atoms with Crippen LogP contribution in [0.2, 0.25) is 0 Å². The maximum Gasteiger partial charge on any atom is 0.234 e. The van der Waals surface area contributed by atoms with E-state index in [1.807, 2.05) is 6.92 Å². The first kappa shape index (κ1) is 13.4. The summed E-state index contributed by atoms with van der Waals surface area (Å²) in [6.07, 6.45) is 0.587. The number of nitrogens with one attached hydrogen (secondary N) is 2. The maximum absolute atomic E-state index is 11.2. The molecule has 0 spiro atoms. The summed E-state index contributed by atoms with van der Waals surface area (Å²) in [5.74, 6) is -0.0537. The van der Waals surface area contributed by atoms with Crippen molar-refractivity contribution in [3.8, 4) is 0 Å². The van der Waals surface area contributed by atoms with Crippen LogP contribution in [0.1, 0.15) is 13.3 Å². The van der Waals surface area contributed by atoms with Gasteiger partial charge in [0.05, 0.1) is 13.2 Å². The van der Waals surface area contributed by atoms with Gasteiger partial charge in [0.1, 0.15) is 0 Å². The first-order valence-electron chi connectivity index (χ1n) is 4.80. The van der Waals surface area contributed by atoms with Gasteiger partial charge < -0.3 is 20.5 Å². The molecule has 0 saturated heterocycles. The number of methoxy groups -OCH3 is 1. The second-order valence-electron chi connectivity index (χ2n) is 3.15. The van der Waals surface area contributed by atoms with Crippen LogP contribution in [0, 0.1) is 0 Å². The molecule has 0 rings (SSSR count). The van der Waals surface area contributed by atoms with Crippen molar-refractivity contribution in [2.45, 2.75) is 19.4 Å². The zero-order chi connectivity index (χ0) is 10.8. The fraction of sp³-hybridized carbons (Fsp3) is 0.889. The highest BCUT2D eigenvalue weighted by Gasteiger charge is 2.05. The molecule has 0 aromatic rings. The van der Waals surface area contributed by atoms with Crippen molar-refractivity contribution >= 4 is 5.91 Å². The third kappa shape index (κ3) is 7.97. The van der Waals surface area contributed by atoms with Crippen LogP contribution in [0.4, 0.5) is 0 Å². The number of aliphatic hydroxyl groups excluding tert-OH is 1. The smallest absolute Gasteiger partial charge is 0.234 e. The molecule has 84 valence electrons. The van der Waals surface area contributed by atoms with E-state index in [1.165, 1.54) is 0 Å². The second kappa shape index (κ2) is 8.93. The van der Waals surface area contributed by atoms with E-state index in [1.54, 1.807) is 7.11 Å². The molecule has 0 radical (unpaired) electrons. The molecular formula is C9H20N2O3. The standard InChI is InChI=1S/C9H20N2O3/c1-8(3-5-12)11-9(13)7-10-4-6-14-2/h8,10,12H,3-7H2,1-2H3,(H,11,13). The first-order valence-corrected chi connectivity index (χ1v) is 4.80. The molecule has 0 aromatic heterocycles. The Balaban J connectivity index is 3.35. The number of aliphatic hydroxyl groups is 1. The summed E-state index contributed by atoms with van der Waals surface area (Å²) in [6.45, 7) is 3.51. The predicted octanol–water partition coefficient (Wildman–Crippen LogP) is -0.890. The summed E-state index contributed by atoms with van der Waals surface area (Å²) in [5.41, 5.74) is 0. The Morgan fingerprint density at radius 1 is 1.57 bits per heavy atom. The van der Waals surface area contributed by atoms with E-state index in [2.05, 4.69) is 10.6 Å². The molecule has 0 aromatic carbocycles. The largest absolute Gasteiger partial charge is 0.396 e. The molecule has 1 atom stereocenters. The van der Waals surface area contributed by atoms with Crippen molar-refractivity contribution in [1.82, 2.24) is 10.6 Å². The third-order valence-corrected chi connectivity index (χ3v) is 1.74. The van der Waals surface area contributed by atoms with Gasteiger partial charge in [0, 0.05) is 26.3 Å². The summed E-state index contributed by atoms with van der Waals surface area (Å²) in [5, 5.41) is 14.3. The summed E-state index contributed by atoms with van der Waals surface area (Å²) >= 11 is 0. The van der Waals surface area contributed by atoms with Gasteiger partial charge in [-0.05, 0) is 13.3 Å². The molecule has 5 nitrogen and oxygen atoms in total. The van der Waals surface area contributed by atoms with Crippen molar-refractivity contribution in [1.29, 1.82) is 0 Å². The highest BCUT2D eigenvalue weighted by atomic mass is 16.5. The average molecular weight is 204 g/mol. The molecule has 1 unspecified atom stereocenters. The van der Waals surface area contributed by atoms with Crippen molar-refractivity contribution in [2.75, 3.05) is 33.4 Å². The third-order valence-electron chi connectivity index (χ3n) is 1.74. The van der Waals surface area contributed by atoms with Gasteiger partial charge in [-0.1, -0.05) is 0 Å². The lowest BCUT2D eigenvalue weighted by Gasteiger charge is -2.12. The number of amides is 1. The number of hydrogen-bond acceptors (Lipinski definition) is 4. The first-order chi connectivity index (χ1) is 6.70. The molecule has 0 bridgehead atoms. The number of hydrogen-bond donors (Lipinski definition) is 3. The SMILES string of the molecule is COCCNCC(=O)NC(C)CCO. The molecule has 0 heterocycles. The zero-order valence-corrected chi connectivity index (χ0v) is 8.88. The van der Waals surface area contributed by atoms with Gasteiger partial charge in [-0.2, -0.15) is 0 Å². The Morgan fingerprint density at radius 3 is 2.86 bits per heavy atom. The van der Waals surface area contributed by atoms with Crippen LogP contribution in [0.25, 0.3) is 0 Å². The number of rotatable bonds is 8. The van der Waals surface area contributed by atoms with Gasteiger partial charge in [-0.15, -0.1) is 0 Å². The Bertz CT molecular complexity index is 153. The van der Waals surface area contributed by atoms with E-state index >= 15 is 0 Å². The highest BCUT2D eigenvalue weighted by Crippen LogP contribution is 1.87. The van der Waals surface area contributed by atoms with E-state index in [9.17, 15) is 4.79 Å². The minimum absolute atomic E-state index is 0.0247. The van der Waals surface area contributed by atoms with Gasteiger partial charge in [0.25, 0.3) is 0 Å². The average Bonchev–Trinajstić information content (AvgIpc) is 2.13. The van der Waals surface area contributed by atoms with Crippen LogP contribution in [0.3, 0.4) is 0 Å². The van der Waals surface area contributed by atoms with Crippen LogP contribution in [-0.2, 0) is 9.53 Å². The Hall–Kier alpha value is -0.650. The fourth-order valence-corrected chi connectivity index (χ4v) is 0.968. The predicted molar refractivity (Wildman–Crippen MR) is 54.1 cm³/mol. The highest BCUT2D eigenvalue weighted by molar-refractivity contribution is 5.78. The van der Waals surface area contributed by atoms with E-state index in [4.69, 9.17) is 9.84 Å². The molecule has 0 saturated carbocycles. The van der Waals surface area contributed by atoms with Crippen LogP contribution < -0.4 is 10.6 Å². The molecule has 3 N–H and O–H groups in total. The quantitative estimate of drug-likeness (QED) is 0.449. The second-order valence-corrected chi connectivity index (χ2v) is 3.15. The lowest BCUT2D eigenvalue weighted by Crippen LogP contribution is -2.40. The monoisotopic (exact) mass is 204 g/mol. The number of carbonyl (C=O) groups excluding carboxylic acids is 1. The van der Waals surface area contributed by atoms with Crippen LogP contribution in [0.15, 0.2) is 0 Å². The van der Waals surface area contributed by atoms with Gasteiger partial charge in [0.2, 0.25) is 5.91 Å². The Labute approximate surface area is 84.8 Å². The topological polar surface area (TPSA) is 70.6 Å². The summed E-state index contributed by atoms with van der Waals surface area (Å²) in [4.78, 5) is 11.2. The Kier molecular flexibility index (Phi) is 8.51. The van der Waals surface area contributed by atoms with Gasteiger partial charge in [-0.25, -0.2) is 0 Å². The summed E-state index contributed by atoms with van der Waals surface area (Å²) in [7, 11) is 1.62. The molecule has 0 aliphatic heterocycles. The summed E-state index contributed by atoms with van der Waals surface area (Å²) in [6, 6.07) is 0.0247. The summed E-state index contributed by atoms with van der Waals surface area (Å²) < 4.78 is 4.82. The lowest BCUT2D eigenvalue weighted by atomic mass is 10.2. The molecule has 5 heteroatoms. The number of ether oxygens (including phenoxy) is 1. The van der Waals surface area contributed by atoms with Gasteiger partial charge >= 0.3 is 0 Å². The van der Waals surface area contributed by atoms with Crippen LogP contribution in [-0.4, -0.2) is 50.5 Å². The molecule has 0 aliphatic carbocycles. The number of carbonyl (C=O) groups is 1. The Morgan fingerprint density at radius 2 is 2.29 bits per heavy atom. The van der Waals surface area contributed by atoms with Crippen LogP contribution in [0.5, 0.6) is 0 Å². The molecule has 1 amide bonds. The van der Waals surface area contributed by atoms with Crippen molar-refractivity contribution in [2.24, 2.45) is 0 Å². The molecule has 14 heavy (non-hydrogen) atoms. The lowest BCUT2D eigenvalue weighted by molar-refractivity contribution is -0.120. The van der Waals surface area contributed by atoms with E-state index < -0.39 is 0 Å². The van der Waals surface area contributed by atoms with Gasteiger partial charge in [0.15, 0.2) is 0 Å². The molecule has 0 aliphatic rings. The van der Waals surface area contributed by atoms with E-state index in [0.29, 0.717) is 26.1 Å². The maximum atomic E-state index is 11.2. The normalized spacial score (nSPS) is 12.5. The van der Waals surface area contributed by atoms with Crippen molar-refractivity contribution < 1.29 is 14.6 Å². The van der Waals surface area contributed by atoms with Crippen molar-refractivity contribution in [3.05, 3.63) is 0 Å². The zero-order valence-electron chi connectivity index (χ0n) is 8.88. The van der Waals surface area contributed by atoms with E-state index in [0.717, 1.165) is 0 Å². The van der Waals surface area contributed by atoms with Gasteiger partial charge in [-0.3, -0.25) is 4.79 Å². The minimum Gasteiger partial charge on any atom is -0.396 e. The van der Waals surface area contributed by atoms with Crippen LogP contribution >= 0.6 is 0 Å². The fourth-order valence-electron chi connectivity index (χ4n) is 0.968.